The Morgan fingerprint density at radius 3 is 2.29 bits per heavy atom. The number of aryl methyl sites for hydroxylation is 3. The summed E-state index contributed by atoms with van der Waals surface area (Å²) < 4.78 is 0. The number of hydrogen-bond acceptors (Lipinski definition) is 5. The highest BCUT2D eigenvalue weighted by Gasteiger charge is 2.12. The van der Waals surface area contributed by atoms with Crippen LogP contribution in [0.4, 0.5) is 17.3 Å². The van der Waals surface area contributed by atoms with Gasteiger partial charge in [0.1, 0.15) is 5.69 Å². The second-order valence-electron chi connectivity index (χ2n) is 6.75. The maximum atomic E-state index is 12.6. The molecule has 0 aliphatic carbocycles. The van der Waals surface area contributed by atoms with Crippen LogP contribution in [0.1, 0.15) is 44.6 Å². The quantitative estimate of drug-likeness (QED) is 0.638. The van der Waals surface area contributed by atoms with Crippen LogP contribution in [0.25, 0.3) is 0 Å². The number of aromatic nitrogens is 2. The van der Waals surface area contributed by atoms with Gasteiger partial charge in [0.15, 0.2) is 5.78 Å². The summed E-state index contributed by atoms with van der Waals surface area (Å²) in [5, 5.41) is 5.99. The molecule has 1 heterocycles. The van der Waals surface area contributed by atoms with Gasteiger partial charge in [-0.3, -0.25) is 9.59 Å². The minimum Gasteiger partial charge on any atom is -0.324 e. The number of hydrogen-bond donors (Lipinski definition) is 2. The molecule has 0 bridgehead atoms. The molecule has 2 aromatic carbocycles. The van der Waals surface area contributed by atoms with E-state index in [0.717, 1.165) is 16.8 Å². The van der Waals surface area contributed by atoms with Crippen molar-refractivity contribution in [3.8, 4) is 0 Å². The minimum atomic E-state index is -0.343. The predicted octanol–water partition coefficient (Wildman–Crippen LogP) is 4.60. The number of benzene rings is 2. The van der Waals surface area contributed by atoms with Crippen molar-refractivity contribution in [1.29, 1.82) is 0 Å². The molecule has 1 aromatic heterocycles. The molecule has 0 radical (unpaired) electrons. The fourth-order valence-electron chi connectivity index (χ4n) is 2.72. The molecule has 0 aliphatic heterocycles. The van der Waals surface area contributed by atoms with Crippen LogP contribution < -0.4 is 10.6 Å². The highest BCUT2D eigenvalue weighted by molar-refractivity contribution is 6.03. The van der Waals surface area contributed by atoms with E-state index in [1.807, 2.05) is 39.0 Å². The van der Waals surface area contributed by atoms with Gasteiger partial charge in [0.05, 0.1) is 0 Å². The number of carbonyl (C=O) groups excluding carboxylic acids is 2. The fraction of sp³-hybridized carbons (Fsp3) is 0.182. The fourth-order valence-corrected chi connectivity index (χ4v) is 2.72. The van der Waals surface area contributed by atoms with Crippen LogP contribution in [0.5, 0.6) is 0 Å². The van der Waals surface area contributed by atoms with Gasteiger partial charge in [-0.1, -0.05) is 12.1 Å². The van der Waals surface area contributed by atoms with E-state index >= 15 is 0 Å². The van der Waals surface area contributed by atoms with Crippen LogP contribution in [0, 0.1) is 20.8 Å². The highest BCUT2D eigenvalue weighted by Crippen LogP contribution is 2.20. The van der Waals surface area contributed by atoms with Crippen LogP contribution >= 0.6 is 0 Å². The Morgan fingerprint density at radius 2 is 1.61 bits per heavy atom. The number of nitrogens with one attached hydrogen (secondary N) is 2. The van der Waals surface area contributed by atoms with Gasteiger partial charge < -0.3 is 10.6 Å². The van der Waals surface area contributed by atoms with Gasteiger partial charge in [-0.05, 0) is 75.2 Å². The first-order valence-electron chi connectivity index (χ1n) is 8.94. The summed E-state index contributed by atoms with van der Waals surface area (Å²) in [6.45, 7) is 7.32. The summed E-state index contributed by atoms with van der Waals surface area (Å²) in [7, 11) is 0. The lowest BCUT2D eigenvalue weighted by Gasteiger charge is -2.11. The number of carbonyl (C=O) groups is 2. The molecular weight excluding hydrogens is 352 g/mol. The third-order valence-electron chi connectivity index (χ3n) is 4.28. The SMILES string of the molecule is CC(=O)c1ccc(NC(=O)c2cc(C)nc(Nc3cc(C)ccc3C)n2)cc1. The first-order valence-corrected chi connectivity index (χ1v) is 8.94. The topological polar surface area (TPSA) is 84.0 Å². The van der Waals surface area contributed by atoms with E-state index in [0.29, 0.717) is 22.9 Å². The Kier molecular flexibility index (Phi) is 5.49. The summed E-state index contributed by atoms with van der Waals surface area (Å²) >= 11 is 0. The molecule has 0 fully saturated rings. The zero-order valence-electron chi connectivity index (χ0n) is 16.3. The van der Waals surface area contributed by atoms with E-state index < -0.39 is 0 Å². The molecule has 6 heteroatoms. The van der Waals surface area contributed by atoms with Gasteiger partial charge in [-0.15, -0.1) is 0 Å². The van der Waals surface area contributed by atoms with Crippen molar-refractivity contribution in [1.82, 2.24) is 9.97 Å². The molecule has 28 heavy (non-hydrogen) atoms. The molecule has 3 aromatic rings. The largest absolute Gasteiger partial charge is 0.324 e. The molecule has 0 spiro atoms. The number of ketones is 1. The van der Waals surface area contributed by atoms with Crippen molar-refractivity contribution < 1.29 is 9.59 Å². The van der Waals surface area contributed by atoms with Gasteiger partial charge in [0.25, 0.3) is 5.91 Å². The highest BCUT2D eigenvalue weighted by atomic mass is 16.2. The van der Waals surface area contributed by atoms with Crippen molar-refractivity contribution in [3.05, 3.63) is 76.6 Å². The molecule has 0 saturated heterocycles. The van der Waals surface area contributed by atoms with E-state index in [1.165, 1.54) is 6.92 Å². The first-order chi connectivity index (χ1) is 13.3. The van der Waals surface area contributed by atoms with Crippen LogP contribution in [0.15, 0.2) is 48.5 Å². The van der Waals surface area contributed by atoms with Crippen LogP contribution in [0.3, 0.4) is 0 Å². The minimum absolute atomic E-state index is 0.0218. The lowest BCUT2D eigenvalue weighted by Crippen LogP contribution is -2.15. The molecule has 142 valence electrons. The standard InChI is InChI=1S/C22H22N4O2/c1-13-5-6-14(2)19(11-13)25-22-23-15(3)12-20(26-22)21(28)24-18-9-7-17(8-10-18)16(4)27/h5-12H,1-4H3,(H,24,28)(H,23,25,26). The molecule has 0 atom stereocenters. The van der Waals surface area contributed by atoms with E-state index in [4.69, 9.17) is 0 Å². The second kappa shape index (κ2) is 8.00. The average Bonchev–Trinajstić information content (AvgIpc) is 2.64. The summed E-state index contributed by atoms with van der Waals surface area (Å²) in [5.41, 5.74) is 5.21. The number of nitrogens with zero attached hydrogens (tertiary/aromatic N) is 2. The third-order valence-corrected chi connectivity index (χ3v) is 4.28. The van der Waals surface area contributed by atoms with Gasteiger partial charge in [0.2, 0.25) is 5.95 Å². The molecule has 0 saturated carbocycles. The van der Waals surface area contributed by atoms with Crippen molar-refractivity contribution in [3.63, 3.8) is 0 Å². The summed E-state index contributed by atoms with van der Waals surface area (Å²) in [5.74, 6) is 0.00215. The molecular formula is C22H22N4O2. The molecule has 0 unspecified atom stereocenters. The van der Waals surface area contributed by atoms with E-state index in [2.05, 4.69) is 20.6 Å². The van der Waals surface area contributed by atoms with E-state index in [1.54, 1.807) is 30.3 Å². The monoisotopic (exact) mass is 374 g/mol. The van der Waals surface area contributed by atoms with E-state index in [9.17, 15) is 9.59 Å². The normalized spacial score (nSPS) is 10.4. The van der Waals surface area contributed by atoms with Crippen molar-refractivity contribution in [2.45, 2.75) is 27.7 Å². The van der Waals surface area contributed by atoms with Crippen LogP contribution in [0.2, 0.25) is 0 Å². The zero-order valence-corrected chi connectivity index (χ0v) is 16.3. The lowest BCUT2D eigenvalue weighted by atomic mass is 10.1. The molecule has 0 aliphatic rings. The van der Waals surface area contributed by atoms with E-state index in [-0.39, 0.29) is 17.4 Å². The Labute approximate surface area is 164 Å². The summed E-state index contributed by atoms with van der Waals surface area (Å²) in [6.07, 6.45) is 0. The molecule has 3 rings (SSSR count). The van der Waals surface area contributed by atoms with Crippen molar-refractivity contribution >= 4 is 29.0 Å². The number of rotatable bonds is 5. The summed E-state index contributed by atoms with van der Waals surface area (Å²) in [4.78, 5) is 32.7. The van der Waals surface area contributed by atoms with Gasteiger partial charge in [0, 0.05) is 22.6 Å². The number of amides is 1. The zero-order chi connectivity index (χ0) is 20.3. The maximum absolute atomic E-state index is 12.6. The number of anilines is 3. The third kappa shape index (κ3) is 4.59. The van der Waals surface area contributed by atoms with Gasteiger partial charge in [-0.2, -0.15) is 0 Å². The second-order valence-corrected chi connectivity index (χ2v) is 6.75. The van der Waals surface area contributed by atoms with Crippen molar-refractivity contribution in [2.24, 2.45) is 0 Å². The first kappa shape index (κ1) is 19.2. The number of Topliss-reactive ketones (excluding diaryl/α,β-unsaturated/α-hetero) is 1. The van der Waals surface area contributed by atoms with Crippen molar-refractivity contribution in [2.75, 3.05) is 10.6 Å². The molecule has 1 amide bonds. The average molecular weight is 374 g/mol. The maximum Gasteiger partial charge on any atom is 0.274 e. The van der Waals surface area contributed by atoms with Crippen LogP contribution in [-0.4, -0.2) is 21.7 Å². The Bertz CT molecular complexity index is 1040. The summed E-state index contributed by atoms with van der Waals surface area (Å²) in [6, 6.07) is 14.4. The smallest absolute Gasteiger partial charge is 0.274 e. The van der Waals surface area contributed by atoms with Crippen LogP contribution in [-0.2, 0) is 0 Å². The predicted molar refractivity (Wildman–Crippen MR) is 110 cm³/mol. The lowest BCUT2D eigenvalue weighted by molar-refractivity contribution is 0.101. The molecule has 2 N–H and O–H groups in total. The van der Waals surface area contributed by atoms with Gasteiger partial charge >= 0.3 is 0 Å². The Morgan fingerprint density at radius 1 is 0.893 bits per heavy atom. The molecule has 6 nitrogen and oxygen atoms in total. The Hall–Kier alpha value is -3.54. The van der Waals surface area contributed by atoms with Gasteiger partial charge in [-0.25, -0.2) is 9.97 Å². The Balaban J connectivity index is 1.81.